The Morgan fingerprint density at radius 2 is 2.35 bits per heavy atom. The number of nitrogens with zero attached hydrogens (tertiary/aromatic N) is 1. The van der Waals surface area contributed by atoms with E-state index in [0.29, 0.717) is 17.1 Å². The summed E-state index contributed by atoms with van der Waals surface area (Å²) in [7, 11) is 1.32. The van der Waals surface area contributed by atoms with Crippen LogP contribution in [0.25, 0.3) is 0 Å². The smallest absolute Gasteiger partial charge is 0.341 e. The largest absolute Gasteiger partial charge is 0.465 e. The van der Waals surface area contributed by atoms with Crippen LogP contribution >= 0.6 is 0 Å². The number of carbonyl (C=O) groups is 2. The van der Waals surface area contributed by atoms with E-state index < -0.39 is 5.97 Å². The molecule has 0 saturated carbocycles. The van der Waals surface area contributed by atoms with Gasteiger partial charge in [0.05, 0.1) is 31.6 Å². The number of H-pyrrole nitrogens is 1. The van der Waals surface area contributed by atoms with Crippen LogP contribution < -0.4 is 5.32 Å². The molecule has 2 aromatic rings. The minimum Gasteiger partial charge on any atom is -0.465 e. The molecule has 0 unspecified atom stereocenters. The Morgan fingerprint density at radius 3 is 3.13 bits per heavy atom. The van der Waals surface area contributed by atoms with Crippen LogP contribution in [0.15, 0.2) is 16.8 Å². The molecule has 0 fully saturated rings. The molecule has 122 valence electrons. The number of aryl methyl sites for hydroxylation is 2. The van der Waals surface area contributed by atoms with E-state index >= 15 is 0 Å². The predicted molar refractivity (Wildman–Crippen MR) is 80.9 cm³/mol. The molecule has 1 atom stereocenters. The fraction of sp³-hybridized carbons (Fsp3) is 0.438. The molecule has 0 aliphatic heterocycles. The van der Waals surface area contributed by atoms with Gasteiger partial charge in [0.1, 0.15) is 17.1 Å². The Morgan fingerprint density at radius 1 is 1.52 bits per heavy atom. The minimum absolute atomic E-state index is 0.0771. The molecule has 1 aliphatic carbocycles. The van der Waals surface area contributed by atoms with Gasteiger partial charge < -0.3 is 19.5 Å². The number of carbonyl (C=O) groups excluding carboxylic acids is 2. The third-order valence-corrected chi connectivity index (χ3v) is 4.13. The highest BCUT2D eigenvalue weighted by atomic mass is 16.5. The van der Waals surface area contributed by atoms with Crippen LogP contribution in [-0.4, -0.2) is 29.0 Å². The Balaban J connectivity index is 1.65. The van der Waals surface area contributed by atoms with Gasteiger partial charge in [-0.15, -0.1) is 0 Å². The number of imidazole rings is 1. The van der Waals surface area contributed by atoms with Gasteiger partial charge in [-0.1, -0.05) is 0 Å². The second-order valence-electron chi connectivity index (χ2n) is 5.60. The maximum Gasteiger partial charge on any atom is 0.341 e. The Hall–Kier alpha value is -2.57. The summed E-state index contributed by atoms with van der Waals surface area (Å²) in [5.41, 5.74) is 2.25. The van der Waals surface area contributed by atoms with Crippen LogP contribution in [0.4, 0.5) is 0 Å². The SMILES string of the molecule is COC(=O)c1cc(CNC(=O)[C@@H]2CCCc3[nH]cnc32)oc1C. The summed E-state index contributed by atoms with van der Waals surface area (Å²) in [6.45, 7) is 1.92. The number of hydrogen-bond acceptors (Lipinski definition) is 5. The molecule has 2 heterocycles. The summed E-state index contributed by atoms with van der Waals surface area (Å²) in [5.74, 6) is 0.243. The number of methoxy groups -OCH3 is 1. The van der Waals surface area contributed by atoms with Gasteiger partial charge in [-0.3, -0.25) is 4.79 Å². The average Bonchev–Trinajstić information content (AvgIpc) is 3.17. The van der Waals surface area contributed by atoms with Crippen molar-refractivity contribution in [2.24, 2.45) is 0 Å². The van der Waals surface area contributed by atoms with Crippen molar-refractivity contribution in [2.75, 3.05) is 7.11 Å². The van der Waals surface area contributed by atoms with Crippen LogP contribution in [0.1, 0.15) is 52.0 Å². The normalized spacial score (nSPS) is 16.7. The Labute approximate surface area is 133 Å². The lowest BCUT2D eigenvalue weighted by Gasteiger charge is -2.20. The number of aromatic nitrogens is 2. The van der Waals surface area contributed by atoms with Crippen LogP contribution in [0.3, 0.4) is 0 Å². The first-order valence-electron chi connectivity index (χ1n) is 7.57. The van der Waals surface area contributed by atoms with Gasteiger partial charge >= 0.3 is 5.97 Å². The molecule has 0 saturated heterocycles. The first-order chi connectivity index (χ1) is 11.1. The second kappa shape index (κ2) is 6.28. The van der Waals surface area contributed by atoms with Gasteiger partial charge in [0, 0.05) is 5.69 Å². The van der Waals surface area contributed by atoms with E-state index in [0.717, 1.165) is 30.7 Å². The summed E-state index contributed by atoms with van der Waals surface area (Å²) >= 11 is 0. The van der Waals surface area contributed by atoms with Crippen molar-refractivity contribution in [1.29, 1.82) is 0 Å². The molecular weight excluding hydrogens is 298 g/mol. The minimum atomic E-state index is -0.447. The lowest BCUT2D eigenvalue weighted by atomic mass is 9.89. The molecule has 0 radical (unpaired) electrons. The molecule has 1 aliphatic rings. The summed E-state index contributed by atoms with van der Waals surface area (Å²) in [4.78, 5) is 31.3. The van der Waals surface area contributed by atoms with Crippen molar-refractivity contribution in [3.63, 3.8) is 0 Å². The molecule has 2 aromatic heterocycles. The number of aromatic amines is 1. The van der Waals surface area contributed by atoms with Crippen LogP contribution in [0, 0.1) is 6.92 Å². The number of furan rings is 1. The van der Waals surface area contributed by atoms with Crippen molar-refractivity contribution in [2.45, 2.75) is 38.6 Å². The van der Waals surface area contributed by atoms with Crippen molar-refractivity contribution >= 4 is 11.9 Å². The van der Waals surface area contributed by atoms with Gasteiger partial charge in [0.15, 0.2) is 0 Å². The topological polar surface area (TPSA) is 97.2 Å². The molecule has 2 N–H and O–H groups in total. The van der Waals surface area contributed by atoms with Crippen LogP contribution in [-0.2, 0) is 22.5 Å². The summed E-state index contributed by atoms with van der Waals surface area (Å²) in [5, 5.41) is 2.86. The monoisotopic (exact) mass is 317 g/mol. The number of esters is 1. The zero-order chi connectivity index (χ0) is 16.4. The fourth-order valence-electron chi connectivity index (χ4n) is 2.95. The highest BCUT2D eigenvalue weighted by molar-refractivity contribution is 5.90. The van der Waals surface area contributed by atoms with E-state index in [1.165, 1.54) is 7.11 Å². The summed E-state index contributed by atoms with van der Waals surface area (Å²) in [6.07, 6.45) is 4.31. The van der Waals surface area contributed by atoms with Gasteiger partial charge in [0.2, 0.25) is 5.91 Å². The number of ether oxygens (including phenoxy) is 1. The number of nitrogens with one attached hydrogen (secondary N) is 2. The zero-order valence-corrected chi connectivity index (χ0v) is 13.1. The van der Waals surface area contributed by atoms with Crippen LogP contribution in [0.2, 0.25) is 0 Å². The van der Waals surface area contributed by atoms with E-state index in [-0.39, 0.29) is 18.4 Å². The number of amides is 1. The molecule has 1 amide bonds. The van der Waals surface area contributed by atoms with Crippen molar-refractivity contribution in [3.05, 3.63) is 40.9 Å². The predicted octanol–water partition coefficient (Wildman–Crippen LogP) is 1.83. The first kappa shape index (κ1) is 15.3. The third-order valence-electron chi connectivity index (χ3n) is 4.13. The van der Waals surface area contributed by atoms with E-state index in [1.807, 2.05) is 0 Å². The van der Waals surface area contributed by atoms with Gasteiger partial charge in [-0.2, -0.15) is 0 Å². The molecule has 23 heavy (non-hydrogen) atoms. The average molecular weight is 317 g/mol. The van der Waals surface area contributed by atoms with Gasteiger partial charge in [0.25, 0.3) is 0 Å². The van der Waals surface area contributed by atoms with Crippen LogP contribution in [0.5, 0.6) is 0 Å². The lowest BCUT2D eigenvalue weighted by Crippen LogP contribution is -2.31. The second-order valence-corrected chi connectivity index (χ2v) is 5.60. The Kier molecular flexibility index (Phi) is 4.18. The van der Waals surface area contributed by atoms with Gasteiger partial charge in [-0.05, 0) is 32.3 Å². The molecule has 7 nitrogen and oxygen atoms in total. The highest BCUT2D eigenvalue weighted by Crippen LogP contribution is 2.29. The van der Waals surface area contributed by atoms with E-state index in [4.69, 9.17) is 4.42 Å². The fourth-order valence-corrected chi connectivity index (χ4v) is 2.95. The highest BCUT2D eigenvalue weighted by Gasteiger charge is 2.28. The number of rotatable bonds is 4. The van der Waals surface area contributed by atoms with Crippen molar-refractivity contribution < 1.29 is 18.7 Å². The Bertz CT molecular complexity index is 732. The molecule has 0 aromatic carbocycles. The van der Waals surface area contributed by atoms with E-state index in [9.17, 15) is 9.59 Å². The molecule has 3 rings (SSSR count). The maximum absolute atomic E-state index is 12.4. The lowest BCUT2D eigenvalue weighted by molar-refractivity contribution is -0.123. The molecule has 0 spiro atoms. The first-order valence-corrected chi connectivity index (χ1v) is 7.57. The summed E-state index contributed by atoms with van der Waals surface area (Å²) in [6, 6.07) is 1.60. The quantitative estimate of drug-likeness (QED) is 0.839. The number of hydrogen-bond donors (Lipinski definition) is 2. The van der Waals surface area contributed by atoms with Crippen molar-refractivity contribution in [1.82, 2.24) is 15.3 Å². The van der Waals surface area contributed by atoms with Crippen molar-refractivity contribution in [3.8, 4) is 0 Å². The van der Waals surface area contributed by atoms with Gasteiger partial charge in [-0.25, -0.2) is 9.78 Å². The molecule has 0 bridgehead atoms. The zero-order valence-electron chi connectivity index (χ0n) is 13.1. The summed E-state index contributed by atoms with van der Waals surface area (Å²) < 4.78 is 10.2. The maximum atomic E-state index is 12.4. The molecular formula is C16H19N3O4. The standard InChI is InChI=1S/C16H19N3O4/c1-9-12(16(21)22-2)6-10(23-9)7-17-15(20)11-4-3-5-13-14(11)19-8-18-13/h6,8,11H,3-5,7H2,1-2H3,(H,17,20)(H,18,19)/t11-/m1/s1. The molecule has 7 heteroatoms. The van der Waals surface area contributed by atoms with E-state index in [2.05, 4.69) is 20.0 Å². The third kappa shape index (κ3) is 2.99. The number of fused-ring (bicyclic) bond motifs is 1. The van der Waals surface area contributed by atoms with E-state index in [1.54, 1.807) is 19.3 Å².